The summed E-state index contributed by atoms with van der Waals surface area (Å²) in [6.07, 6.45) is 4.22. The highest BCUT2D eigenvalue weighted by Crippen LogP contribution is 2.52. The van der Waals surface area contributed by atoms with Crippen molar-refractivity contribution < 1.29 is 0 Å². The van der Waals surface area contributed by atoms with Crippen LogP contribution in [0.2, 0.25) is 0 Å². The maximum atomic E-state index is 12.1. The zero-order chi connectivity index (χ0) is 17.0. The molecule has 8 heteroatoms. The van der Waals surface area contributed by atoms with E-state index < -0.39 is 11.2 Å². The molecule has 1 fully saturated rings. The van der Waals surface area contributed by atoms with Crippen LogP contribution in [0, 0.1) is 11.8 Å². The van der Waals surface area contributed by atoms with Gasteiger partial charge in [0, 0.05) is 11.8 Å². The summed E-state index contributed by atoms with van der Waals surface area (Å²) >= 11 is 3.45. The van der Waals surface area contributed by atoms with E-state index in [0.717, 1.165) is 22.2 Å². The monoisotopic (exact) mass is 389 g/mol. The van der Waals surface area contributed by atoms with E-state index in [-0.39, 0.29) is 0 Å². The number of nitrogens with zero attached hydrogens (tertiary/aromatic N) is 3. The Morgan fingerprint density at radius 3 is 2.83 bits per heavy atom. The van der Waals surface area contributed by atoms with Gasteiger partial charge >= 0.3 is 5.69 Å². The average molecular weight is 390 g/mol. The molecule has 1 aliphatic rings. The number of fused-ring (bicyclic) bond motifs is 1. The molecular weight excluding hydrogens is 374 g/mol. The molecule has 0 aliphatic heterocycles. The molecule has 0 bridgehead atoms. The number of aromatic amines is 2. The van der Waals surface area contributed by atoms with Gasteiger partial charge in [0.2, 0.25) is 0 Å². The molecule has 0 amide bonds. The molecule has 124 valence electrons. The normalized spacial score (nSPS) is 20.0. The molecule has 0 aromatic carbocycles. The molecular formula is C16H16BrN5O2. The van der Waals surface area contributed by atoms with Gasteiger partial charge in [-0.25, -0.2) is 14.3 Å². The number of hydrogen-bond donors (Lipinski definition) is 2. The van der Waals surface area contributed by atoms with Gasteiger partial charge in [-0.05, 0) is 46.2 Å². The smallest absolute Gasteiger partial charge is 0.313 e. The van der Waals surface area contributed by atoms with Crippen molar-refractivity contribution in [2.75, 3.05) is 0 Å². The Balaban J connectivity index is 1.93. The predicted molar refractivity (Wildman–Crippen MR) is 93.1 cm³/mol. The van der Waals surface area contributed by atoms with Gasteiger partial charge in [0.1, 0.15) is 4.60 Å². The fourth-order valence-electron chi connectivity index (χ4n) is 3.28. The number of H-pyrrole nitrogens is 2. The molecule has 7 nitrogen and oxygen atoms in total. The summed E-state index contributed by atoms with van der Waals surface area (Å²) in [4.78, 5) is 32.6. The predicted octanol–water partition coefficient (Wildman–Crippen LogP) is 2.29. The summed E-state index contributed by atoms with van der Waals surface area (Å²) in [7, 11) is 0. The lowest BCUT2D eigenvalue weighted by molar-refractivity contribution is 0.548. The highest BCUT2D eigenvalue weighted by Gasteiger charge is 2.42. The van der Waals surface area contributed by atoms with Crippen molar-refractivity contribution in [3.63, 3.8) is 0 Å². The van der Waals surface area contributed by atoms with Crippen LogP contribution >= 0.6 is 15.9 Å². The Morgan fingerprint density at radius 2 is 2.17 bits per heavy atom. The van der Waals surface area contributed by atoms with Gasteiger partial charge in [-0.15, -0.1) is 0 Å². The lowest BCUT2D eigenvalue weighted by Gasteiger charge is -2.08. The van der Waals surface area contributed by atoms with Crippen LogP contribution in [-0.2, 0) is 0 Å². The van der Waals surface area contributed by atoms with Crippen LogP contribution in [0.15, 0.2) is 32.7 Å². The first kappa shape index (κ1) is 15.3. The van der Waals surface area contributed by atoms with Crippen molar-refractivity contribution in [1.29, 1.82) is 0 Å². The van der Waals surface area contributed by atoms with Crippen LogP contribution in [-0.4, -0.2) is 24.6 Å². The van der Waals surface area contributed by atoms with Crippen molar-refractivity contribution in [2.45, 2.75) is 26.2 Å². The third-order valence-corrected chi connectivity index (χ3v) is 5.19. The number of aromatic nitrogens is 5. The van der Waals surface area contributed by atoms with Gasteiger partial charge in [0.05, 0.1) is 17.5 Å². The fourth-order valence-corrected chi connectivity index (χ4v) is 3.63. The first-order valence-corrected chi connectivity index (χ1v) is 8.61. The number of hydrogen-bond acceptors (Lipinski definition) is 4. The molecule has 2 atom stereocenters. The van der Waals surface area contributed by atoms with Crippen LogP contribution in [0.5, 0.6) is 0 Å². The van der Waals surface area contributed by atoms with Crippen molar-refractivity contribution >= 4 is 21.6 Å². The number of halogens is 1. The Kier molecular flexibility index (Phi) is 3.45. The average Bonchev–Trinajstić information content (AvgIpc) is 3.25. The standard InChI is InChI=1S/C16H16BrN5O2/c1-7(2)8-3-9(8)10-4-12(11-5-19-16(24)20-15(11)23)21-22-13(17)6-18-14(10)22/h4-9H,3H2,1-2H3,(H2,19,20,23,24)/t8-,9+/m1/s1. The SMILES string of the molecule is CC(C)[C@H]1C[C@@H]1c1cc(-c2c[nH]c(=O)[nH]c2=O)nn2c(Br)cnc12. The molecule has 3 aromatic heterocycles. The Bertz CT molecular complexity index is 1050. The molecule has 0 spiro atoms. The first-order valence-electron chi connectivity index (χ1n) is 7.82. The minimum absolute atomic E-state index is 0.333. The molecule has 3 aromatic rings. The first-order chi connectivity index (χ1) is 11.5. The zero-order valence-corrected chi connectivity index (χ0v) is 14.8. The molecule has 24 heavy (non-hydrogen) atoms. The summed E-state index contributed by atoms with van der Waals surface area (Å²) in [5.74, 6) is 1.64. The van der Waals surface area contributed by atoms with Crippen molar-refractivity contribution in [3.05, 3.63) is 49.5 Å². The summed E-state index contributed by atoms with van der Waals surface area (Å²) in [6, 6.07) is 1.92. The van der Waals surface area contributed by atoms with E-state index in [9.17, 15) is 9.59 Å². The highest BCUT2D eigenvalue weighted by molar-refractivity contribution is 9.10. The van der Waals surface area contributed by atoms with Gasteiger partial charge in [-0.1, -0.05) is 13.8 Å². The van der Waals surface area contributed by atoms with Gasteiger partial charge in [-0.2, -0.15) is 5.10 Å². The summed E-state index contributed by atoms with van der Waals surface area (Å²) in [5, 5.41) is 4.50. The van der Waals surface area contributed by atoms with E-state index in [2.05, 4.69) is 49.8 Å². The fraction of sp³-hybridized carbons (Fsp3) is 0.375. The third kappa shape index (κ3) is 2.41. The summed E-state index contributed by atoms with van der Waals surface area (Å²) in [6.45, 7) is 4.44. The maximum absolute atomic E-state index is 12.1. The molecule has 1 saturated carbocycles. The Morgan fingerprint density at radius 1 is 1.38 bits per heavy atom. The lowest BCUT2D eigenvalue weighted by Crippen LogP contribution is -2.23. The van der Waals surface area contributed by atoms with Crippen LogP contribution in [0.1, 0.15) is 31.7 Å². The van der Waals surface area contributed by atoms with E-state index in [1.54, 1.807) is 10.7 Å². The summed E-state index contributed by atoms with van der Waals surface area (Å²) < 4.78 is 2.42. The molecule has 0 saturated heterocycles. The van der Waals surface area contributed by atoms with Crippen LogP contribution < -0.4 is 11.2 Å². The number of imidazole rings is 1. The molecule has 2 N–H and O–H groups in total. The van der Waals surface area contributed by atoms with Crippen LogP contribution in [0.4, 0.5) is 0 Å². The zero-order valence-electron chi connectivity index (χ0n) is 13.2. The number of rotatable bonds is 3. The van der Waals surface area contributed by atoms with E-state index in [1.807, 2.05) is 6.07 Å². The molecule has 0 radical (unpaired) electrons. The third-order valence-electron chi connectivity index (χ3n) is 4.65. The maximum Gasteiger partial charge on any atom is 0.325 e. The second-order valence-corrected chi connectivity index (χ2v) is 7.35. The molecule has 4 rings (SSSR count). The second-order valence-electron chi connectivity index (χ2n) is 6.54. The van der Waals surface area contributed by atoms with E-state index >= 15 is 0 Å². The molecule has 3 heterocycles. The van der Waals surface area contributed by atoms with Gasteiger partial charge in [0.15, 0.2) is 5.65 Å². The van der Waals surface area contributed by atoms with Gasteiger partial charge < -0.3 is 4.98 Å². The van der Waals surface area contributed by atoms with E-state index in [1.165, 1.54) is 6.20 Å². The van der Waals surface area contributed by atoms with E-state index in [0.29, 0.717) is 29.0 Å². The minimum Gasteiger partial charge on any atom is -0.313 e. The second kappa shape index (κ2) is 5.41. The largest absolute Gasteiger partial charge is 0.325 e. The quantitative estimate of drug-likeness (QED) is 0.717. The summed E-state index contributed by atoms with van der Waals surface area (Å²) in [5.41, 5.74) is 1.76. The Labute approximate surface area is 145 Å². The van der Waals surface area contributed by atoms with Crippen LogP contribution in [0.3, 0.4) is 0 Å². The van der Waals surface area contributed by atoms with Gasteiger partial charge in [0.25, 0.3) is 5.56 Å². The van der Waals surface area contributed by atoms with Crippen molar-refractivity contribution in [2.24, 2.45) is 11.8 Å². The minimum atomic E-state index is -0.532. The van der Waals surface area contributed by atoms with Crippen LogP contribution in [0.25, 0.3) is 16.9 Å². The van der Waals surface area contributed by atoms with E-state index in [4.69, 9.17) is 0 Å². The number of nitrogens with one attached hydrogen (secondary N) is 2. The van der Waals surface area contributed by atoms with Crippen molar-refractivity contribution in [1.82, 2.24) is 24.6 Å². The molecule has 0 unspecified atom stereocenters. The van der Waals surface area contributed by atoms with Crippen molar-refractivity contribution in [3.8, 4) is 11.3 Å². The molecule has 1 aliphatic carbocycles. The van der Waals surface area contributed by atoms with Gasteiger partial charge in [-0.3, -0.25) is 9.78 Å². The highest BCUT2D eigenvalue weighted by atomic mass is 79.9. The lowest BCUT2D eigenvalue weighted by atomic mass is 10.0. The topological polar surface area (TPSA) is 95.9 Å². The Hall–Kier alpha value is -2.22.